The SMILES string of the molecule is CN(N=Cc1ccc(N(c2ccccc2)c2ccccc2)cc1)c1ccc(S(=O)(=O)c2ccc(N(C)N=Cc3ccc(N(c4ccccc4)c4ccccc4)cc3)cc2)cc1. The Labute approximate surface area is 358 Å². The molecule has 61 heavy (non-hydrogen) atoms. The van der Waals surface area contributed by atoms with E-state index in [1.165, 1.54) is 0 Å². The highest BCUT2D eigenvalue weighted by Gasteiger charge is 2.19. The molecule has 9 heteroatoms. The van der Waals surface area contributed by atoms with Crippen LogP contribution in [0.25, 0.3) is 0 Å². The number of anilines is 8. The van der Waals surface area contributed by atoms with Gasteiger partial charge in [-0.2, -0.15) is 10.2 Å². The second-order valence-corrected chi connectivity index (χ2v) is 16.2. The van der Waals surface area contributed by atoms with Crippen molar-refractivity contribution in [1.82, 2.24) is 0 Å². The molecule has 300 valence electrons. The van der Waals surface area contributed by atoms with Crippen LogP contribution in [0.4, 0.5) is 45.5 Å². The predicted octanol–water partition coefficient (Wildman–Crippen LogP) is 12.4. The molecule has 0 N–H and O–H groups in total. The van der Waals surface area contributed by atoms with Gasteiger partial charge >= 0.3 is 0 Å². The normalized spacial score (nSPS) is 11.4. The van der Waals surface area contributed by atoms with E-state index in [0.717, 1.165) is 56.6 Å². The van der Waals surface area contributed by atoms with Gasteiger partial charge in [-0.15, -0.1) is 0 Å². The van der Waals surface area contributed by atoms with Gasteiger partial charge in [0, 0.05) is 48.2 Å². The summed E-state index contributed by atoms with van der Waals surface area (Å²) in [5.41, 5.74) is 9.70. The molecule has 8 aromatic carbocycles. The van der Waals surface area contributed by atoms with Crippen LogP contribution in [-0.4, -0.2) is 34.9 Å². The minimum Gasteiger partial charge on any atom is -0.311 e. The number of sulfone groups is 1. The van der Waals surface area contributed by atoms with Crippen LogP contribution in [-0.2, 0) is 9.84 Å². The Hall–Kier alpha value is -7.75. The molecule has 0 unspecified atom stereocenters. The number of nitrogens with zero attached hydrogens (tertiary/aromatic N) is 6. The molecule has 0 atom stereocenters. The van der Waals surface area contributed by atoms with Crippen LogP contribution < -0.4 is 19.8 Å². The molecule has 0 saturated heterocycles. The molecule has 0 spiro atoms. The highest BCUT2D eigenvalue weighted by atomic mass is 32.2. The Kier molecular flexibility index (Phi) is 12.1. The maximum atomic E-state index is 13.6. The van der Waals surface area contributed by atoms with E-state index in [1.54, 1.807) is 71.0 Å². The lowest BCUT2D eigenvalue weighted by Crippen LogP contribution is -2.11. The fraction of sp³-hybridized carbons (Fsp3) is 0.0385. The first-order valence-corrected chi connectivity index (χ1v) is 21.3. The van der Waals surface area contributed by atoms with Gasteiger partial charge in [0.2, 0.25) is 9.84 Å². The monoisotopic (exact) mass is 816 g/mol. The summed E-state index contributed by atoms with van der Waals surface area (Å²) >= 11 is 0. The Bertz CT molecular complexity index is 2530. The van der Waals surface area contributed by atoms with Crippen molar-refractivity contribution in [3.8, 4) is 0 Å². The smallest absolute Gasteiger partial charge is 0.206 e. The van der Waals surface area contributed by atoms with Crippen molar-refractivity contribution in [3.05, 3.63) is 230 Å². The van der Waals surface area contributed by atoms with E-state index in [-0.39, 0.29) is 9.79 Å². The van der Waals surface area contributed by atoms with E-state index in [1.807, 2.05) is 111 Å². The predicted molar refractivity (Wildman–Crippen MR) is 253 cm³/mol. The molecule has 0 fully saturated rings. The van der Waals surface area contributed by atoms with Gasteiger partial charge in [0.25, 0.3) is 0 Å². The van der Waals surface area contributed by atoms with Crippen molar-refractivity contribution >= 4 is 67.8 Å². The van der Waals surface area contributed by atoms with Crippen molar-refractivity contribution in [1.29, 1.82) is 0 Å². The lowest BCUT2D eigenvalue weighted by Gasteiger charge is -2.25. The summed E-state index contributed by atoms with van der Waals surface area (Å²) in [5.74, 6) is 0. The van der Waals surface area contributed by atoms with Crippen LogP contribution in [0, 0.1) is 0 Å². The largest absolute Gasteiger partial charge is 0.311 e. The Morgan fingerprint density at radius 2 is 0.574 bits per heavy atom. The van der Waals surface area contributed by atoms with Gasteiger partial charge in [-0.3, -0.25) is 10.0 Å². The zero-order chi connectivity index (χ0) is 42.0. The van der Waals surface area contributed by atoms with E-state index in [0.29, 0.717) is 0 Å². The van der Waals surface area contributed by atoms with Gasteiger partial charge in [0.05, 0.1) is 33.6 Å². The molecule has 0 saturated carbocycles. The molecule has 0 aliphatic rings. The third-order valence-corrected chi connectivity index (χ3v) is 11.9. The van der Waals surface area contributed by atoms with E-state index in [9.17, 15) is 8.42 Å². The summed E-state index contributed by atoms with van der Waals surface area (Å²) < 4.78 is 27.3. The molecule has 0 aromatic heterocycles. The van der Waals surface area contributed by atoms with E-state index in [2.05, 4.69) is 92.8 Å². The number of hydrogen-bond donors (Lipinski definition) is 0. The molecule has 0 heterocycles. The van der Waals surface area contributed by atoms with E-state index in [4.69, 9.17) is 0 Å². The van der Waals surface area contributed by atoms with Crippen LogP contribution in [0.3, 0.4) is 0 Å². The minimum atomic E-state index is -3.76. The molecule has 0 bridgehead atoms. The lowest BCUT2D eigenvalue weighted by atomic mass is 10.1. The molecular weight excluding hydrogens is 773 g/mol. The van der Waals surface area contributed by atoms with Crippen LogP contribution >= 0.6 is 0 Å². The summed E-state index contributed by atoms with van der Waals surface area (Å²) in [6.07, 6.45) is 3.57. The van der Waals surface area contributed by atoms with Gasteiger partial charge in [-0.1, -0.05) is 97.1 Å². The van der Waals surface area contributed by atoms with E-state index >= 15 is 0 Å². The Balaban J connectivity index is 0.891. The maximum Gasteiger partial charge on any atom is 0.206 e. The van der Waals surface area contributed by atoms with Crippen molar-refractivity contribution < 1.29 is 8.42 Å². The van der Waals surface area contributed by atoms with Crippen LogP contribution in [0.2, 0.25) is 0 Å². The highest BCUT2D eigenvalue weighted by Crippen LogP contribution is 2.35. The zero-order valence-electron chi connectivity index (χ0n) is 33.8. The van der Waals surface area contributed by atoms with Crippen LogP contribution in [0.1, 0.15) is 11.1 Å². The van der Waals surface area contributed by atoms with Crippen molar-refractivity contribution in [2.24, 2.45) is 10.2 Å². The number of hydrazone groups is 2. The summed E-state index contributed by atoms with van der Waals surface area (Å²) in [6, 6.07) is 71.0. The van der Waals surface area contributed by atoms with Gasteiger partial charge in [-0.25, -0.2) is 8.42 Å². The average Bonchev–Trinajstić information content (AvgIpc) is 3.32. The number of rotatable bonds is 14. The van der Waals surface area contributed by atoms with Crippen molar-refractivity contribution in [2.75, 3.05) is 33.9 Å². The number of hydrogen-bond acceptors (Lipinski definition) is 8. The lowest BCUT2D eigenvalue weighted by molar-refractivity contribution is 0.596. The van der Waals surface area contributed by atoms with Gasteiger partial charge in [0.15, 0.2) is 0 Å². The van der Waals surface area contributed by atoms with Crippen LogP contribution in [0.5, 0.6) is 0 Å². The second kappa shape index (κ2) is 18.4. The third-order valence-electron chi connectivity index (χ3n) is 10.2. The average molecular weight is 817 g/mol. The van der Waals surface area contributed by atoms with Gasteiger partial charge in [0.1, 0.15) is 0 Å². The van der Waals surface area contributed by atoms with Gasteiger partial charge < -0.3 is 9.80 Å². The molecule has 8 aromatic rings. The quantitative estimate of drug-likeness (QED) is 0.0804. The molecule has 8 rings (SSSR count). The molecule has 0 amide bonds. The molecular formula is C52H44N6O2S. The zero-order valence-corrected chi connectivity index (χ0v) is 34.7. The number of para-hydroxylation sites is 4. The third kappa shape index (κ3) is 9.44. The first kappa shape index (κ1) is 40.0. The summed E-state index contributed by atoms with van der Waals surface area (Å²) in [6.45, 7) is 0. The fourth-order valence-electron chi connectivity index (χ4n) is 6.88. The van der Waals surface area contributed by atoms with Crippen molar-refractivity contribution in [3.63, 3.8) is 0 Å². The summed E-state index contributed by atoms with van der Waals surface area (Å²) in [4.78, 5) is 4.81. The van der Waals surface area contributed by atoms with E-state index < -0.39 is 9.84 Å². The summed E-state index contributed by atoms with van der Waals surface area (Å²) in [5, 5.41) is 12.7. The fourth-order valence-corrected chi connectivity index (χ4v) is 8.14. The van der Waals surface area contributed by atoms with Gasteiger partial charge in [-0.05, 0) is 132 Å². The highest BCUT2D eigenvalue weighted by molar-refractivity contribution is 7.91. The first-order valence-electron chi connectivity index (χ1n) is 19.8. The first-order chi connectivity index (χ1) is 29.8. The molecule has 0 aliphatic carbocycles. The second-order valence-electron chi connectivity index (χ2n) is 14.2. The number of benzene rings is 8. The standard InChI is InChI=1S/C52H44N6O2S/c1-55(53-39-41-23-27-49(28-24-41)57(45-15-7-3-8-16-45)46-17-9-4-10-18-46)43-31-35-51(36-32-43)61(59,60)52-37-33-44(34-38-52)56(2)54-40-42-25-29-50(30-26-42)58(47-19-11-5-12-20-47)48-21-13-6-14-22-48/h3-40H,1-2H3. The minimum absolute atomic E-state index is 0.200. The topological polar surface area (TPSA) is 71.8 Å². The Morgan fingerprint density at radius 3 is 0.852 bits per heavy atom. The van der Waals surface area contributed by atoms with Crippen LogP contribution in [0.15, 0.2) is 238 Å². The Morgan fingerprint density at radius 1 is 0.328 bits per heavy atom. The molecule has 0 radical (unpaired) electrons. The summed E-state index contributed by atoms with van der Waals surface area (Å²) in [7, 11) is -0.0942. The molecule has 8 nitrogen and oxygen atoms in total. The molecule has 0 aliphatic heterocycles. The van der Waals surface area contributed by atoms with Crippen molar-refractivity contribution in [2.45, 2.75) is 9.79 Å². The maximum absolute atomic E-state index is 13.6.